The highest BCUT2D eigenvalue weighted by Gasteiger charge is 2.25. The number of methoxy groups -OCH3 is 1. The molecule has 1 saturated heterocycles. The molecule has 0 saturated carbocycles. The minimum Gasteiger partial charge on any atom is -0.497 e. The summed E-state index contributed by atoms with van der Waals surface area (Å²) in [7, 11) is 1.55. The number of nitrogens with one attached hydrogen (secondary N) is 2. The Balaban J connectivity index is 1.42. The van der Waals surface area contributed by atoms with Gasteiger partial charge in [-0.25, -0.2) is 9.40 Å². The van der Waals surface area contributed by atoms with Gasteiger partial charge >= 0.3 is 0 Å². The third-order valence-electron chi connectivity index (χ3n) is 4.77. The third kappa shape index (κ3) is 5.75. The highest BCUT2D eigenvalue weighted by molar-refractivity contribution is 5.94. The van der Waals surface area contributed by atoms with E-state index in [-0.39, 0.29) is 18.4 Å². The summed E-state index contributed by atoms with van der Waals surface area (Å²) in [6, 6.07) is 15.6. The number of piperazine rings is 1. The molecule has 7 nitrogen and oxygen atoms in total. The van der Waals surface area contributed by atoms with Crippen molar-refractivity contribution in [3.63, 3.8) is 0 Å². The lowest BCUT2D eigenvalue weighted by Crippen LogP contribution is -2.56. The van der Waals surface area contributed by atoms with Gasteiger partial charge in [-0.15, -0.1) is 0 Å². The van der Waals surface area contributed by atoms with Crippen molar-refractivity contribution in [1.82, 2.24) is 20.7 Å². The zero-order chi connectivity index (χ0) is 20.6. The molecule has 8 heteroatoms. The van der Waals surface area contributed by atoms with Gasteiger partial charge in [0.15, 0.2) is 6.30 Å². The standard InChI is InChI=1S/C21H25FN4O3/c1-29-18-9-5-8-17(14-18)21(28)24-26-12-10-25(11-13-26)19(22)15-23-20(27)16-6-3-2-4-7-16/h2-9,14,19H,10-13,15H2,1H3,(H,23,27)(H,24,28). The maximum absolute atomic E-state index is 14.5. The largest absolute Gasteiger partial charge is 0.497 e. The maximum Gasteiger partial charge on any atom is 0.265 e. The monoisotopic (exact) mass is 400 g/mol. The highest BCUT2D eigenvalue weighted by atomic mass is 19.1. The highest BCUT2D eigenvalue weighted by Crippen LogP contribution is 2.13. The summed E-state index contributed by atoms with van der Waals surface area (Å²) in [6.07, 6.45) is -1.28. The molecule has 2 aromatic rings. The summed E-state index contributed by atoms with van der Waals surface area (Å²) >= 11 is 0. The Bertz CT molecular complexity index is 826. The summed E-state index contributed by atoms with van der Waals surface area (Å²) in [4.78, 5) is 26.0. The van der Waals surface area contributed by atoms with E-state index in [1.807, 2.05) is 6.07 Å². The van der Waals surface area contributed by atoms with Crippen LogP contribution in [-0.4, -0.2) is 67.9 Å². The average molecular weight is 400 g/mol. The van der Waals surface area contributed by atoms with E-state index >= 15 is 0 Å². The Kier molecular flexibility index (Phi) is 7.15. The number of nitrogens with zero attached hydrogens (tertiary/aromatic N) is 2. The molecule has 0 aliphatic carbocycles. The Hall–Kier alpha value is -2.97. The van der Waals surface area contributed by atoms with Gasteiger partial charge in [-0.3, -0.25) is 19.9 Å². The van der Waals surface area contributed by atoms with Gasteiger partial charge in [-0.05, 0) is 30.3 Å². The van der Waals surface area contributed by atoms with Crippen molar-refractivity contribution in [3.8, 4) is 5.75 Å². The van der Waals surface area contributed by atoms with Crippen LogP contribution in [0.15, 0.2) is 54.6 Å². The van der Waals surface area contributed by atoms with Gasteiger partial charge in [-0.1, -0.05) is 24.3 Å². The molecule has 2 N–H and O–H groups in total. The van der Waals surface area contributed by atoms with Crippen LogP contribution in [0.1, 0.15) is 20.7 Å². The smallest absolute Gasteiger partial charge is 0.265 e. The van der Waals surface area contributed by atoms with Crippen molar-refractivity contribution >= 4 is 11.8 Å². The summed E-state index contributed by atoms with van der Waals surface area (Å²) in [5, 5.41) is 4.39. The molecule has 0 aromatic heterocycles. The molecule has 2 amide bonds. The maximum atomic E-state index is 14.5. The van der Waals surface area contributed by atoms with E-state index in [0.29, 0.717) is 43.1 Å². The van der Waals surface area contributed by atoms with Gasteiger partial charge < -0.3 is 10.1 Å². The molecule has 154 valence electrons. The van der Waals surface area contributed by atoms with E-state index < -0.39 is 6.30 Å². The van der Waals surface area contributed by atoms with Gasteiger partial charge in [0.2, 0.25) is 0 Å². The van der Waals surface area contributed by atoms with E-state index in [1.165, 1.54) is 0 Å². The van der Waals surface area contributed by atoms with E-state index in [2.05, 4.69) is 10.7 Å². The number of rotatable bonds is 7. The molecule has 1 aliphatic heterocycles. The molecule has 1 atom stereocenters. The van der Waals surface area contributed by atoms with Crippen molar-refractivity contribution < 1.29 is 18.7 Å². The lowest BCUT2D eigenvalue weighted by Gasteiger charge is -2.36. The number of carbonyl (C=O) groups is 2. The van der Waals surface area contributed by atoms with Crippen LogP contribution in [0.4, 0.5) is 4.39 Å². The van der Waals surface area contributed by atoms with E-state index in [4.69, 9.17) is 4.74 Å². The number of hydrogen-bond acceptors (Lipinski definition) is 5. The van der Waals surface area contributed by atoms with Crippen LogP contribution >= 0.6 is 0 Å². The van der Waals surface area contributed by atoms with Crippen molar-refractivity contribution in [3.05, 3.63) is 65.7 Å². The first-order valence-electron chi connectivity index (χ1n) is 9.48. The molecular formula is C21H25FN4O3. The minimum absolute atomic E-state index is 0.0795. The molecule has 29 heavy (non-hydrogen) atoms. The summed E-state index contributed by atoms with van der Waals surface area (Å²) in [5.74, 6) is 0.0852. The summed E-state index contributed by atoms with van der Waals surface area (Å²) in [5.41, 5.74) is 3.84. The molecule has 0 bridgehead atoms. The summed E-state index contributed by atoms with van der Waals surface area (Å²) in [6.45, 7) is 1.79. The topological polar surface area (TPSA) is 73.9 Å². The fraction of sp³-hybridized carbons (Fsp3) is 0.333. The van der Waals surface area contributed by atoms with Gasteiger partial charge in [0.05, 0.1) is 13.7 Å². The molecule has 0 spiro atoms. The summed E-state index contributed by atoms with van der Waals surface area (Å²) < 4.78 is 19.6. The van der Waals surface area contributed by atoms with E-state index in [9.17, 15) is 14.0 Å². The molecule has 1 fully saturated rings. The van der Waals surface area contributed by atoms with Crippen LogP contribution < -0.4 is 15.5 Å². The number of amides is 2. The first-order valence-corrected chi connectivity index (χ1v) is 9.48. The van der Waals surface area contributed by atoms with Crippen LogP contribution in [0.5, 0.6) is 5.75 Å². The van der Waals surface area contributed by atoms with Crippen molar-refractivity contribution in [2.45, 2.75) is 6.30 Å². The molecular weight excluding hydrogens is 375 g/mol. The van der Waals surface area contributed by atoms with E-state index in [1.54, 1.807) is 65.5 Å². The third-order valence-corrected chi connectivity index (χ3v) is 4.77. The number of hydrazine groups is 1. The van der Waals surface area contributed by atoms with Crippen LogP contribution in [0, 0.1) is 0 Å². The predicted molar refractivity (Wildman–Crippen MR) is 107 cm³/mol. The van der Waals surface area contributed by atoms with Gasteiger partial charge in [-0.2, -0.15) is 0 Å². The van der Waals surface area contributed by atoms with Crippen molar-refractivity contribution in [2.24, 2.45) is 0 Å². The Morgan fingerprint density at radius 2 is 1.69 bits per heavy atom. The van der Waals surface area contributed by atoms with Crippen LogP contribution in [0.3, 0.4) is 0 Å². The van der Waals surface area contributed by atoms with Gasteiger partial charge in [0, 0.05) is 37.3 Å². The van der Waals surface area contributed by atoms with Crippen molar-refractivity contribution in [2.75, 3.05) is 39.8 Å². The molecule has 1 aliphatic rings. The molecule has 3 rings (SSSR count). The molecule has 1 heterocycles. The first-order chi connectivity index (χ1) is 14.1. The fourth-order valence-corrected chi connectivity index (χ4v) is 3.08. The number of hydrogen-bond donors (Lipinski definition) is 2. The zero-order valence-electron chi connectivity index (χ0n) is 16.3. The van der Waals surface area contributed by atoms with Crippen molar-refractivity contribution in [1.29, 1.82) is 0 Å². The lowest BCUT2D eigenvalue weighted by atomic mass is 10.2. The minimum atomic E-state index is -1.28. The SMILES string of the molecule is COc1cccc(C(=O)NN2CCN(C(F)CNC(=O)c3ccccc3)CC2)c1. The Labute approximate surface area is 169 Å². The second-order valence-electron chi connectivity index (χ2n) is 6.71. The predicted octanol–water partition coefficient (Wildman–Crippen LogP) is 1.68. The number of carbonyl (C=O) groups excluding carboxylic acids is 2. The van der Waals surface area contributed by atoms with E-state index in [0.717, 1.165) is 0 Å². The van der Waals surface area contributed by atoms with Crippen LogP contribution in [0.2, 0.25) is 0 Å². The Morgan fingerprint density at radius 1 is 1.00 bits per heavy atom. The van der Waals surface area contributed by atoms with Crippen LogP contribution in [0.25, 0.3) is 0 Å². The lowest BCUT2D eigenvalue weighted by molar-refractivity contribution is 0.0149. The normalized spacial score (nSPS) is 16.1. The number of ether oxygens (including phenoxy) is 1. The number of halogens is 1. The van der Waals surface area contributed by atoms with Gasteiger partial charge in [0.25, 0.3) is 11.8 Å². The molecule has 1 unspecified atom stereocenters. The first kappa shape index (κ1) is 20.8. The number of alkyl halides is 1. The molecule has 2 aromatic carbocycles. The molecule has 0 radical (unpaired) electrons. The fourth-order valence-electron chi connectivity index (χ4n) is 3.08. The second-order valence-corrected chi connectivity index (χ2v) is 6.71. The average Bonchev–Trinajstić information content (AvgIpc) is 2.78. The zero-order valence-corrected chi connectivity index (χ0v) is 16.3. The number of benzene rings is 2. The van der Waals surface area contributed by atoms with Crippen LogP contribution in [-0.2, 0) is 0 Å². The quantitative estimate of drug-likeness (QED) is 0.692. The van der Waals surface area contributed by atoms with Gasteiger partial charge in [0.1, 0.15) is 5.75 Å². The second kappa shape index (κ2) is 9.99. The Morgan fingerprint density at radius 3 is 2.38 bits per heavy atom.